The maximum absolute atomic E-state index is 13.5. The number of fused-ring (bicyclic) bond motifs is 9. The van der Waals surface area contributed by atoms with Crippen LogP contribution in [0.15, 0.2) is 11.1 Å². The van der Waals surface area contributed by atoms with Crippen LogP contribution in [0.3, 0.4) is 0 Å². The molecule has 54 heavy (non-hydrogen) atoms. The van der Waals surface area contributed by atoms with E-state index in [4.69, 9.17) is 33.2 Å². The van der Waals surface area contributed by atoms with Crippen LogP contribution < -0.4 is 0 Å². The van der Waals surface area contributed by atoms with E-state index in [1.807, 2.05) is 20.8 Å². The Labute approximate surface area is 313 Å². The maximum Gasteiger partial charge on any atom is 0.336 e. The van der Waals surface area contributed by atoms with Crippen LogP contribution in [-0.4, -0.2) is 147 Å². The molecule has 16 nitrogen and oxygen atoms in total. The summed E-state index contributed by atoms with van der Waals surface area (Å²) in [6.07, 6.45) is -10.5. The van der Waals surface area contributed by atoms with E-state index in [9.17, 15) is 45.0 Å². The Hall–Kier alpha value is -2.25. The first-order chi connectivity index (χ1) is 25.4. The van der Waals surface area contributed by atoms with Gasteiger partial charge in [-0.05, 0) is 43.4 Å². The van der Waals surface area contributed by atoms with Gasteiger partial charge in [0.25, 0.3) is 0 Å². The van der Waals surface area contributed by atoms with Gasteiger partial charge in [0.2, 0.25) is 0 Å². The molecule has 0 amide bonds. The van der Waals surface area contributed by atoms with Crippen LogP contribution in [0.25, 0.3) is 0 Å². The van der Waals surface area contributed by atoms with Gasteiger partial charge in [-0.3, -0.25) is 9.59 Å². The second-order valence-electron chi connectivity index (χ2n) is 17.7. The third kappa shape index (κ3) is 5.49. The zero-order valence-electron chi connectivity index (χ0n) is 31.4. The van der Waals surface area contributed by atoms with Gasteiger partial charge in [0.15, 0.2) is 6.29 Å². The standard InChI is InChI=1S/C38H54O16/c1-13-7-21(52-34(46)17(13)12-48-35-29(45)28(44)27(43)23(11-39)53-35)14(2)26-20(42)8-18-25-19(9-24(36(18,26)5)49-15(3)40)37(6)32(50-16(4)41)30-22(51-30)10-38(37,47)33-31(25)54-33/h14,18-33,35,39,42-45,47H,7-12H2,1-6H3/t14-,18+,19+,20+,21-,22+,23-,24+,25+,26+,27-,28+,29-,30+,31+,32+,33+,35-,36-,37+,38+/m1/s1. The molecule has 7 fully saturated rings. The average molecular weight is 767 g/mol. The Morgan fingerprint density at radius 2 is 1.65 bits per heavy atom. The molecule has 3 saturated heterocycles. The van der Waals surface area contributed by atoms with Crippen molar-refractivity contribution >= 4 is 17.9 Å². The van der Waals surface area contributed by atoms with Crippen molar-refractivity contribution < 1.29 is 78.2 Å². The molecular formula is C38H54O16. The van der Waals surface area contributed by atoms with Crippen molar-refractivity contribution in [3.8, 4) is 0 Å². The lowest BCUT2D eigenvalue weighted by Crippen LogP contribution is -2.72. The van der Waals surface area contributed by atoms with Gasteiger partial charge in [-0.1, -0.05) is 26.3 Å². The molecule has 4 aliphatic heterocycles. The van der Waals surface area contributed by atoms with E-state index in [-0.39, 0.29) is 48.2 Å². The quantitative estimate of drug-likeness (QED) is 0.101. The predicted molar refractivity (Wildman–Crippen MR) is 179 cm³/mol. The minimum atomic E-state index is -1.63. The Kier molecular flexibility index (Phi) is 9.40. The predicted octanol–water partition coefficient (Wildman–Crippen LogP) is -0.737. The fourth-order valence-electron chi connectivity index (χ4n) is 12.4. The lowest BCUT2D eigenvalue weighted by molar-refractivity contribution is -0.299. The topological polar surface area (TPSA) is 244 Å². The second-order valence-corrected chi connectivity index (χ2v) is 17.7. The Morgan fingerprint density at radius 1 is 0.944 bits per heavy atom. The van der Waals surface area contributed by atoms with Gasteiger partial charge in [0, 0.05) is 43.4 Å². The van der Waals surface area contributed by atoms with Crippen molar-refractivity contribution in [1.82, 2.24) is 0 Å². The molecule has 302 valence electrons. The minimum Gasteiger partial charge on any atom is -0.462 e. The van der Waals surface area contributed by atoms with Gasteiger partial charge in [0.05, 0.1) is 37.1 Å². The first-order valence-corrected chi connectivity index (χ1v) is 19.3. The number of aliphatic hydroxyl groups excluding tert-OH is 5. The van der Waals surface area contributed by atoms with Crippen LogP contribution in [-0.2, 0) is 47.5 Å². The highest BCUT2D eigenvalue weighted by Crippen LogP contribution is 2.74. The monoisotopic (exact) mass is 766 g/mol. The normalized spacial score (nSPS) is 53.5. The van der Waals surface area contributed by atoms with Crippen LogP contribution in [0.1, 0.15) is 67.2 Å². The number of esters is 3. The molecule has 0 aromatic heterocycles. The highest BCUT2D eigenvalue weighted by Gasteiger charge is 2.84. The molecule has 0 aromatic rings. The fraction of sp³-hybridized carbons (Fsp3) is 0.868. The molecule has 4 heterocycles. The number of ether oxygens (including phenoxy) is 7. The summed E-state index contributed by atoms with van der Waals surface area (Å²) in [7, 11) is 0. The van der Waals surface area contributed by atoms with Crippen molar-refractivity contribution in [3.05, 3.63) is 11.1 Å². The fourth-order valence-corrected chi connectivity index (χ4v) is 12.4. The number of carbonyl (C=O) groups is 3. The van der Waals surface area contributed by atoms with Crippen molar-refractivity contribution in [2.75, 3.05) is 13.2 Å². The summed E-state index contributed by atoms with van der Waals surface area (Å²) in [6, 6.07) is 0. The van der Waals surface area contributed by atoms with E-state index in [1.165, 1.54) is 13.8 Å². The number of aliphatic hydroxyl groups is 6. The van der Waals surface area contributed by atoms with Gasteiger partial charge in [-0.15, -0.1) is 0 Å². The Morgan fingerprint density at radius 3 is 2.30 bits per heavy atom. The number of epoxide rings is 2. The van der Waals surface area contributed by atoms with Gasteiger partial charge in [-0.25, -0.2) is 4.79 Å². The molecule has 0 aromatic carbocycles. The molecule has 6 N–H and O–H groups in total. The first kappa shape index (κ1) is 38.6. The lowest BCUT2D eigenvalue weighted by Gasteiger charge is -2.63. The lowest BCUT2D eigenvalue weighted by atomic mass is 9.41. The highest BCUT2D eigenvalue weighted by atomic mass is 16.7. The molecule has 0 bridgehead atoms. The van der Waals surface area contributed by atoms with Crippen LogP contribution in [0, 0.1) is 40.4 Å². The second kappa shape index (κ2) is 13.1. The third-order valence-corrected chi connectivity index (χ3v) is 15.1. The molecule has 8 rings (SSSR count). The van der Waals surface area contributed by atoms with Crippen LogP contribution >= 0.6 is 0 Å². The van der Waals surface area contributed by atoms with Crippen molar-refractivity contribution in [2.45, 2.75) is 152 Å². The maximum atomic E-state index is 13.5. The number of carbonyl (C=O) groups excluding carboxylic acids is 3. The molecule has 8 aliphatic rings. The van der Waals surface area contributed by atoms with E-state index in [0.717, 1.165) is 0 Å². The Bertz CT molecular complexity index is 1580. The summed E-state index contributed by atoms with van der Waals surface area (Å²) >= 11 is 0. The SMILES string of the molecule is CC(=O)O[C@H]1C[C@H]2[C@@H]([C@@H]3O[C@@H]3[C@@]3(O)C[C@@H]4O[C@@H]4[C@H](OC(C)=O)[C@]23C)[C@@H]2C[C@H](O)[C@H]([C@H](C)[C@H]3CC(C)=C(CO[C@@H]4O[C@H](CO)[C@@H](O)[C@H](O)[C@H]4O)C(=O)O3)[C@@]12C. The molecule has 0 radical (unpaired) electrons. The van der Waals surface area contributed by atoms with E-state index in [1.54, 1.807) is 6.92 Å². The van der Waals surface area contributed by atoms with Crippen molar-refractivity contribution in [2.24, 2.45) is 40.4 Å². The molecule has 0 spiro atoms. The summed E-state index contributed by atoms with van der Waals surface area (Å²) in [4.78, 5) is 38.8. The molecule has 4 saturated carbocycles. The van der Waals surface area contributed by atoms with Gasteiger partial charge >= 0.3 is 17.9 Å². The van der Waals surface area contributed by atoms with Gasteiger partial charge < -0.3 is 63.8 Å². The van der Waals surface area contributed by atoms with Crippen LogP contribution in [0.2, 0.25) is 0 Å². The smallest absolute Gasteiger partial charge is 0.336 e. The van der Waals surface area contributed by atoms with E-state index in [0.29, 0.717) is 31.3 Å². The Balaban J connectivity index is 1.06. The number of cyclic esters (lactones) is 1. The number of hydrogen-bond acceptors (Lipinski definition) is 16. The molecule has 4 aliphatic carbocycles. The van der Waals surface area contributed by atoms with Gasteiger partial charge in [0.1, 0.15) is 60.5 Å². The molecular weight excluding hydrogens is 712 g/mol. The zero-order valence-corrected chi connectivity index (χ0v) is 31.4. The summed E-state index contributed by atoms with van der Waals surface area (Å²) in [6.45, 7) is 9.42. The summed E-state index contributed by atoms with van der Waals surface area (Å²) in [5.41, 5.74) is -2.29. The molecule has 16 heteroatoms. The molecule has 0 unspecified atom stereocenters. The average Bonchev–Trinajstić information content (AvgIpc) is 4.02. The van der Waals surface area contributed by atoms with E-state index in [2.05, 4.69) is 0 Å². The minimum absolute atomic E-state index is 0.168. The van der Waals surface area contributed by atoms with E-state index >= 15 is 0 Å². The zero-order chi connectivity index (χ0) is 39.0. The summed E-state index contributed by atoms with van der Waals surface area (Å²) in [5.74, 6) is -3.22. The van der Waals surface area contributed by atoms with Crippen LogP contribution in [0.5, 0.6) is 0 Å². The summed E-state index contributed by atoms with van der Waals surface area (Å²) in [5, 5.41) is 64.7. The van der Waals surface area contributed by atoms with Crippen LogP contribution in [0.4, 0.5) is 0 Å². The third-order valence-electron chi connectivity index (χ3n) is 15.1. The summed E-state index contributed by atoms with van der Waals surface area (Å²) < 4.78 is 41.6. The number of rotatable bonds is 8. The van der Waals surface area contributed by atoms with Crippen molar-refractivity contribution in [3.63, 3.8) is 0 Å². The number of hydrogen-bond donors (Lipinski definition) is 6. The highest BCUT2D eigenvalue weighted by molar-refractivity contribution is 5.90. The van der Waals surface area contributed by atoms with Crippen molar-refractivity contribution in [1.29, 1.82) is 0 Å². The van der Waals surface area contributed by atoms with Gasteiger partial charge in [-0.2, -0.15) is 0 Å². The van der Waals surface area contributed by atoms with E-state index < -0.39 is 114 Å². The first-order valence-electron chi connectivity index (χ1n) is 19.3. The largest absolute Gasteiger partial charge is 0.462 e. The molecule has 21 atom stereocenters.